The van der Waals surface area contributed by atoms with Crippen LogP contribution in [0.3, 0.4) is 0 Å². The number of halogens is 1. The fraction of sp³-hybridized carbons (Fsp3) is 0.115. The van der Waals surface area contributed by atoms with E-state index in [9.17, 15) is 19.2 Å². The van der Waals surface area contributed by atoms with Crippen molar-refractivity contribution in [3.05, 3.63) is 89.2 Å². The number of methoxy groups -OCH3 is 1. The van der Waals surface area contributed by atoms with Crippen molar-refractivity contribution in [2.45, 2.75) is 6.92 Å². The molecule has 2 amide bonds. The molecule has 3 rings (SSSR count). The third-order valence-corrected chi connectivity index (χ3v) is 4.74. The first-order chi connectivity index (χ1) is 16.4. The van der Waals surface area contributed by atoms with Crippen LogP contribution in [-0.2, 0) is 9.59 Å². The number of hydrogen-bond donors (Lipinski definition) is 2. The molecule has 0 saturated carbocycles. The van der Waals surface area contributed by atoms with Crippen LogP contribution in [0.4, 0.5) is 15.8 Å². The number of nitrogens with one attached hydrogen (secondary N) is 2. The van der Waals surface area contributed by atoms with Crippen LogP contribution in [0, 0.1) is 24.1 Å². The molecule has 0 aliphatic carbocycles. The predicted octanol–water partition coefficient (Wildman–Crippen LogP) is 4.71. The third-order valence-electron chi connectivity index (χ3n) is 4.74. The summed E-state index contributed by atoms with van der Waals surface area (Å²) in [4.78, 5) is 24.7. The number of anilines is 2. The van der Waals surface area contributed by atoms with E-state index >= 15 is 0 Å². The molecule has 7 nitrogen and oxygen atoms in total. The minimum atomic E-state index is -0.638. The van der Waals surface area contributed by atoms with Crippen LogP contribution in [0.15, 0.2) is 72.3 Å². The first-order valence-corrected chi connectivity index (χ1v) is 10.2. The zero-order valence-corrected chi connectivity index (χ0v) is 18.6. The highest BCUT2D eigenvalue weighted by atomic mass is 19.1. The summed E-state index contributed by atoms with van der Waals surface area (Å²) in [6.45, 7) is 1.66. The quantitative estimate of drug-likeness (QED) is 0.376. The molecule has 0 spiro atoms. The van der Waals surface area contributed by atoms with Crippen LogP contribution in [0.5, 0.6) is 11.5 Å². The molecule has 172 valence electrons. The van der Waals surface area contributed by atoms with Crippen LogP contribution in [0.1, 0.15) is 11.1 Å². The van der Waals surface area contributed by atoms with Crippen LogP contribution >= 0.6 is 0 Å². The molecule has 0 fully saturated rings. The fourth-order valence-electron chi connectivity index (χ4n) is 2.98. The van der Waals surface area contributed by atoms with E-state index in [1.54, 1.807) is 24.3 Å². The summed E-state index contributed by atoms with van der Waals surface area (Å²) in [5.74, 6) is -0.746. The molecule has 0 aromatic heterocycles. The molecule has 2 N–H and O–H groups in total. The lowest BCUT2D eigenvalue weighted by Crippen LogP contribution is -2.20. The number of rotatable bonds is 8. The second-order valence-electron chi connectivity index (χ2n) is 7.19. The van der Waals surface area contributed by atoms with Gasteiger partial charge in [0.1, 0.15) is 17.5 Å². The van der Waals surface area contributed by atoms with Gasteiger partial charge in [-0.3, -0.25) is 9.59 Å². The Balaban J connectivity index is 1.68. The molecule has 0 bridgehead atoms. The first kappa shape index (κ1) is 24.0. The normalized spacial score (nSPS) is 10.7. The van der Waals surface area contributed by atoms with Crippen LogP contribution in [0.25, 0.3) is 6.08 Å². The fourth-order valence-corrected chi connectivity index (χ4v) is 2.98. The van der Waals surface area contributed by atoms with Gasteiger partial charge in [0.2, 0.25) is 0 Å². The number of amides is 2. The maximum absolute atomic E-state index is 13.0. The van der Waals surface area contributed by atoms with E-state index in [-0.39, 0.29) is 18.1 Å². The largest absolute Gasteiger partial charge is 0.493 e. The summed E-state index contributed by atoms with van der Waals surface area (Å²) < 4.78 is 24.0. The van der Waals surface area contributed by atoms with Gasteiger partial charge in [0.25, 0.3) is 11.8 Å². The zero-order valence-electron chi connectivity index (χ0n) is 18.6. The predicted molar refractivity (Wildman–Crippen MR) is 127 cm³/mol. The highest BCUT2D eigenvalue weighted by Crippen LogP contribution is 2.29. The molecule has 34 heavy (non-hydrogen) atoms. The Morgan fingerprint density at radius 1 is 1.03 bits per heavy atom. The Hall–Kier alpha value is -4.64. The van der Waals surface area contributed by atoms with Crippen molar-refractivity contribution < 1.29 is 23.5 Å². The van der Waals surface area contributed by atoms with Gasteiger partial charge in [0, 0.05) is 11.4 Å². The molecule has 0 radical (unpaired) electrons. The Kier molecular flexibility index (Phi) is 7.97. The highest BCUT2D eigenvalue weighted by Gasteiger charge is 2.13. The van der Waals surface area contributed by atoms with Crippen molar-refractivity contribution in [3.8, 4) is 17.6 Å². The van der Waals surface area contributed by atoms with E-state index in [2.05, 4.69) is 10.6 Å². The molecule has 8 heteroatoms. The number of benzene rings is 3. The molecular formula is C26H22FN3O4. The van der Waals surface area contributed by atoms with Crippen molar-refractivity contribution in [3.63, 3.8) is 0 Å². The van der Waals surface area contributed by atoms with Crippen molar-refractivity contribution in [2.24, 2.45) is 0 Å². The van der Waals surface area contributed by atoms with Gasteiger partial charge < -0.3 is 20.1 Å². The van der Waals surface area contributed by atoms with E-state index in [0.717, 1.165) is 5.56 Å². The van der Waals surface area contributed by atoms with Gasteiger partial charge in [-0.1, -0.05) is 24.3 Å². The summed E-state index contributed by atoms with van der Waals surface area (Å²) in [5.41, 5.74) is 2.35. The number of hydrogen-bond acceptors (Lipinski definition) is 5. The number of nitriles is 1. The number of ether oxygens (including phenoxy) is 2. The molecule has 0 aliphatic rings. The molecule has 0 saturated heterocycles. The molecule has 3 aromatic carbocycles. The van der Waals surface area contributed by atoms with Crippen molar-refractivity contribution in [2.75, 3.05) is 24.4 Å². The number of aryl methyl sites for hydroxylation is 1. The Labute approximate surface area is 196 Å². The number of carbonyl (C=O) groups is 2. The minimum Gasteiger partial charge on any atom is -0.493 e. The summed E-state index contributed by atoms with van der Waals surface area (Å²) in [6.07, 6.45) is 1.38. The van der Waals surface area contributed by atoms with Gasteiger partial charge in [0.15, 0.2) is 18.1 Å². The molecule has 0 unspecified atom stereocenters. The average Bonchev–Trinajstić information content (AvgIpc) is 2.84. The lowest BCUT2D eigenvalue weighted by Gasteiger charge is -2.12. The number of carbonyl (C=O) groups excluding carboxylic acids is 2. The lowest BCUT2D eigenvalue weighted by atomic mass is 10.1. The van der Waals surface area contributed by atoms with Gasteiger partial charge in [-0.2, -0.15) is 5.26 Å². The van der Waals surface area contributed by atoms with Gasteiger partial charge >= 0.3 is 0 Å². The van der Waals surface area contributed by atoms with Crippen LogP contribution in [0.2, 0.25) is 0 Å². The van der Waals surface area contributed by atoms with E-state index in [4.69, 9.17) is 9.47 Å². The minimum absolute atomic E-state index is 0.155. The molecule has 0 atom stereocenters. The highest BCUT2D eigenvalue weighted by molar-refractivity contribution is 6.09. The molecule has 3 aromatic rings. The van der Waals surface area contributed by atoms with Gasteiger partial charge in [-0.05, 0) is 66.6 Å². The Bertz CT molecular complexity index is 1260. The lowest BCUT2D eigenvalue weighted by molar-refractivity contribution is -0.118. The zero-order chi connectivity index (χ0) is 24.5. The first-order valence-electron chi connectivity index (χ1n) is 10.2. The monoisotopic (exact) mass is 459 g/mol. The topological polar surface area (TPSA) is 100 Å². The van der Waals surface area contributed by atoms with Gasteiger partial charge in [-0.25, -0.2) is 4.39 Å². The summed E-state index contributed by atoms with van der Waals surface area (Å²) in [7, 11) is 1.44. The summed E-state index contributed by atoms with van der Waals surface area (Å²) in [5, 5.41) is 14.7. The molecule has 0 heterocycles. The summed E-state index contributed by atoms with van der Waals surface area (Å²) >= 11 is 0. The third kappa shape index (κ3) is 6.43. The second kappa shape index (κ2) is 11.3. The van der Waals surface area contributed by atoms with Crippen molar-refractivity contribution in [1.82, 2.24) is 0 Å². The second-order valence-corrected chi connectivity index (χ2v) is 7.19. The number of nitrogens with zero attached hydrogens (tertiary/aromatic N) is 1. The van der Waals surface area contributed by atoms with E-state index in [0.29, 0.717) is 28.4 Å². The maximum atomic E-state index is 13.0. The standard InChI is InChI=1S/C26H22FN3O4/c1-17-5-3-4-6-22(17)30-25(31)16-34-23-12-7-18(14-24(23)33-2)13-19(15-28)26(32)29-21-10-8-20(27)9-11-21/h3-14H,16H2,1-2H3,(H,29,32)(H,30,31)/b19-13+. The smallest absolute Gasteiger partial charge is 0.266 e. The maximum Gasteiger partial charge on any atom is 0.266 e. The molecule has 0 aliphatic heterocycles. The molecular weight excluding hydrogens is 437 g/mol. The van der Waals surface area contributed by atoms with E-state index in [1.165, 1.54) is 37.5 Å². The number of para-hydroxylation sites is 1. The average molecular weight is 459 g/mol. The van der Waals surface area contributed by atoms with E-state index in [1.807, 2.05) is 31.2 Å². The van der Waals surface area contributed by atoms with Crippen molar-refractivity contribution >= 4 is 29.3 Å². The SMILES string of the molecule is COc1cc(/C=C(\C#N)C(=O)Nc2ccc(F)cc2)ccc1OCC(=O)Nc1ccccc1C. The van der Waals surface area contributed by atoms with Crippen LogP contribution in [-0.4, -0.2) is 25.5 Å². The Morgan fingerprint density at radius 3 is 2.44 bits per heavy atom. The van der Waals surface area contributed by atoms with Gasteiger partial charge in [0.05, 0.1) is 7.11 Å². The Morgan fingerprint density at radius 2 is 1.76 bits per heavy atom. The summed E-state index contributed by atoms with van der Waals surface area (Å²) in [6, 6.07) is 19.2. The van der Waals surface area contributed by atoms with Crippen molar-refractivity contribution in [1.29, 1.82) is 5.26 Å². The van der Waals surface area contributed by atoms with Crippen LogP contribution < -0.4 is 20.1 Å². The van der Waals surface area contributed by atoms with Gasteiger partial charge in [-0.15, -0.1) is 0 Å². The van der Waals surface area contributed by atoms with E-state index < -0.39 is 11.7 Å².